The van der Waals surface area contributed by atoms with Gasteiger partial charge in [-0.25, -0.2) is 4.39 Å². The molecular weight excluding hydrogens is 273 g/mol. The van der Waals surface area contributed by atoms with Gasteiger partial charge in [-0.15, -0.1) is 0 Å². The molecule has 0 saturated heterocycles. The molecule has 1 aromatic carbocycles. The summed E-state index contributed by atoms with van der Waals surface area (Å²) in [4.78, 5) is 14.1. The smallest absolute Gasteiger partial charge is 0.238 e. The van der Waals surface area contributed by atoms with Crippen LogP contribution in [0.1, 0.15) is 13.8 Å². The van der Waals surface area contributed by atoms with E-state index in [1.807, 2.05) is 4.90 Å². The number of nitrogens with two attached hydrogens (primary N) is 1. The van der Waals surface area contributed by atoms with Crippen molar-refractivity contribution < 1.29 is 13.9 Å². The van der Waals surface area contributed by atoms with Crippen LogP contribution >= 0.6 is 0 Å². The van der Waals surface area contributed by atoms with E-state index in [-0.39, 0.29) is 12.5 Å². The van der Waals surface area contributed by atoms with Crippen LogP contribution in [0.15, 0.2) is 18.2 Å². The number of nitrogen functional groups attached to an aromatic ring is 1. The summed E-state index contributed by atoms with van der Waals surface area (Å²) in [6, 6.07) is 3.91. The first kappa shape index (κ1) is 17.4. The predicted octanol–water partition coefficient (Wildman–Crippen LogP) is 1.95. The van der Waals surface area contributed by atoms with E-state index in [1.165, 1.54) is 18.2 Å². The third kappa shape index (κ3) is 6.55. The molecule has 1 amide bonds. The van der Waals surface area contributed by atoms with Gasteiger partial charge >= 0.3 is 0 Å². The molecule has 0 bridgehead atoms. The molecule has 0 fully saturated rings. The number of rotatable bonds is 8. The van der Waals surface area contributed by atoms with Crippen molar-refractivity contribution in [1.29, 1.82) is 0 Å². The minimum Gasteiger partial charge on any atom is -0.397 e. The largest absolute Gasteiger partial charge is 0.397 e. The van der Waals surface area contributed by atoms with Gasteiger partial charge in [-0.05, 0) is 24.1 Å². The average Bonchev–Trinajstić information content (AvgIpc) is 2.39. The van der Waals surface area contributed by atoms with Gasteiger partial charge in [0.2, 0.25) is 5.91 Å². The first-order valence-corrected chi connectivity index (χ1v) is 6.98. The number of carbonyl (C=O) groups excluding carboxylic acids is 1. The lowest BCUT2D eigenvalue weighted by Crippen LogP contribution is -2.37. The van der Waals surface area contributed by atoms with Crippen LogP contribution in [-0.4, -0.2) is 44.2 Å². The molecule has 0 aliphatic rings. The van der Waals surface area contributed by atoms with Gasteiger partial charge in [-0.3, -0.25) is 9.69 Å². The van der Waals surface area contributed by atoms with E-state index in [0.717, 1.165) is 6.54 Å². The van der Waals surface area contributed by atoms with Crippen LogP contribution < -0.4 is 11.1 Å². The van der Waals surface area contributed by atoms with Crippen molar-refractivity contribution in [3.8, 4) is 0 Å². The summed E-state index contributed by atoms with van der Waals surface area (Å²) in [6.07, 6.45) is 0. The summed E-state index contributed by atoms with van der Waals surface area (Å²) in [5, 5.41) is 2.64. The Bertz CT molecular complexity index is 466. The molecule has 0 aliphatic heterocycles. The van der Waals surface area contributed by atoms with E-state index in [1.54, 1.807) is 7.11 Å². The number of carbonyl (C=O) groups is 1. The quantitative estimate of drug-likeness (QED) is 0.720. The number of methoxy groups -OCH3 is 1. The van der Waals surface area contributed by atoms with Crippen LogP contribution in [0.2, 0.25) is 0 Å². The number of amides is 1. The van der Waals surface area contributed by atoms with Gasteiger partial charge in [0.1, 0.15) is 5.82 Å². The van der Waals surface area contributed by atoms with Gasteiger partial charge in [0, 0.05) is 20.2 Å². The molecule has 0 atom stereocenters. The lowest BCUT2D eigenvalue weighted by molar-refractivity contribution is -0.117. The fourth-order valence-electron chi connectivity index (χ4n) is 2.00. The van der Waals surface area contributed by atoms with Gasteiger partial charge in [0.25, 0.3) is 0 Å². The fourth-order valence-corrected chi connectivity index (χ4v) is 2.00. The maximum atomic E-state index is 13.2. The zero-order valence-electron chi connectivity index (χ0n) is 12.9. The van der Waals surface area contributed by atoms with Crippen molar-refractivity contribution in [2.45, 2.75) is 13.8 Å². The van der Waals surface area contributed by atoms with Gasteiger partial charge < -0.3 is 15.8 Å². The second-order valence-corrected chi connectivity index (χ2v) is 5.40. The van der Waals surface area contributed by atoms with Crippen molar-refractivity contribution in [2.24, 2.45) is 5.92 Å². The number of anilines is 2. The number of hydrogen-bond acceptors (Lipinski definition) is 4. The van der Waals surface area contributed by atoms with Crippen molar-refractivity contribution >= 4 is 17.3 Å². The van der Waals surface area contributed by atoms with E-state index in [4.69, 9.17) is 10.5 Å². The van der Waals surface area contributed by atoms with E-state index in [2.05, 4.69) is 19.2 Å². The van der Waals surface area contributed by atoms with Gasteiger partial charge in [0.15, 0.2) is 0 Å². The summed E-state index contributed by atoms with van der Waals surface area (Å²) in [5.41, 5.74) is 6.36. The number of nitrogens with one attached hydrogen (secondary N) is 1. The molecule has 0 aliphatic carbocycles. The van der Waals surface area contributed by atoms with Crippen LogP contribution in [0, 0.1) is 11.7 Å². The Kier molecular flexibility index (Phi) is 7.11. The number of hydrogen-bond donors (Lipinski definition) is 2. The first-order chi connectivity index (χ1) is 9.92. The highest BCUT2D eigenvalue weighted by Gasteiger charge is 2.13. The number of benzene rings is 1. The first-order valence-electron chi connectivity index (χ1n) is 6.98. The molecule has 0 aromatic heterocycles. The van der Waals surface area contributed by atoms with Crippen LogP contribution in [-0.2, 0) is 9.53 Å². The average molecular weight is 297 g/mol. The Morgan fingerprint density at radius 2 is 2.19 bits per heavy atom. The monoisotopic (exact) mass is 297 g/mol. The second-order valence-electron chi connectivity index (χ2n) is 5.40. The molecule has 1 aromatic rings. The predicted molar refractivity (Wildman–Crippen MR) is 82.6 cm³/mol. The fraction of sp³-hybridized carbons (Fsp3) is 0.533. The zero-order chi connectivity index (χ0) is 15.8. The Hall–Kier alpha value is -1.66. The maximum Gasteiger partial charge on any atom is 0.238 e. The molecular formula is C15H24FN3O2. The molecule has 0 spiro atoms. The maximum absolute atomic E-state index is 13.2. The third-order valence-corrected chi connectivity index (χ3v) is 2.89. The molecule has 5 nitrogen and oxygen atoms in total. The molecule has 3 N–H and O–H groups in total. The lowest BCUT2D eigenvalue weighted by atomic mass is 10.2. The van der Waals surface area contributed by atoms with Gasteiger partial charge in [0.05, 0.1) is 24.5 Å². The highest BCUT2D eigenvalue weighted by Crippen LogP contribution is 2.19. The van der Waals surface area contributed by atoms with Crippen LogP contribution in [0.5, 0.6) is 0 Å². The number of halogens is 1. The number of nitrogens with zero attached hydrogens (tertiary/aromatic N) is 1. The summed E-state index contributed by atoms with van der Waals surface area (Å²) in [6.45, 7) is 6.40. The highest BCUT2D eigenvalue weighted by molar-refractivity contribution is 5.95. The third-order valence-electron chi connectivity index (χ3n) is 2.89. The Morgan fingerprint density at radius 3 is 2.81 bits per heavy atom. The molecule has 0 radical (unpaired) electrons. The molecule has 21 heavy (non-hydrogen) atoms. The molecule has 0 saturated carbocycles. The van der Waals surface area contributed by atoms with Crippen LogP contribution in [0.25, 0.3) is 0 Å². The molecule has 0 heterocycles. The van der Waals surface area contributed by atoms with Crippen molar-refractivity contribution in [3.05, 3.63) is 24.0 Å². The van der Waals surface area contributed by atoms with Crippen LogP contribution in [0.3, 0.4) is 0 Å². The van der Waals surface area contributed by atoms with E-state index in [9.17, 15) is 9.18 Å². The Morgan fingerprint density at radius 1 is 1.48 bits per heavy atom. The zero-order valence-corrected chi connectivity index (χ0v) is 12.9. The van der Waals surface area contributed by atoms with Crippen molar-refractivity contribution in [3.63, 3.8) is 0 Å². The van der Waals surface area contributed by atoms with E-state index in [0.29, 0.717) is 30.4 Å². The molecule has 1 rings (SSSR count). The van der Waals surface area contributed by atoms with Crippen molar-refractivity contribution in [2.75, 3.05) is 44.4 Å². The topological polar surface area (TPSA) is 67.6 Å². The lowest BCUT2D eigenvalue weighted by Gasteiger charge is -2.23. The summed E-state index contributed by atoms with van der Waals surface area (Å²) < 4.78 is 18.2. The Labute approximate surface area is 125 Å². The summed E-state index contributed by atoms with van der Waals surface area (Å²) in [7, 11) is 1.63. The van der Waals surface area contributed by atoms with Gasteiger partial charge in [-0.2, -0.15) is 0 Å². The molecule has 0 unspecified atom stereocenters. The minimum absolute atomic E-state index is 0.218. The summed E-state index contributed by atoms with van der Waals surface area (Å²) in [5.74, 6) is -0.212. The second kappa shape index (κ2) is 8.59. The highest BCUT2D eigenvalue weighted by atomic mass is 19.1. The minimum atomic E-state index is -0.432. The molecule has 6 heteroatoms. The normalized spacial score (nSPS) is 11.1. The van der Waals surface area contributed by atoms with Crippen molar-refractivity contribution in [1.82, 2.24) is 4.90 Å². The Balaban J connectivity index is 2.62. The molecule has 118 valence electrons. The standard InChI is InChI=1S/C15H24FN3O2/c1-11(2)9-19(6-7-21-3)10-15(20)18-14-8-12(16)4-5-13(14)17/h4-5,8,11H,6-7,9-10,17H2,1-3H3,(H,18,20). The summed E-state index contributed by atoms with van der Waals surface area (Å²) >= 11 is 0. The SMILES string of the molecule is COCCN(CC(=O)Nc1cc(F)ccc1N)CC(C)C. The number of ether oxygens (including phenoxy) is 1. The van der Waals surface area contributed by atoms with E-state index >= 15 is 0 Å². The van der Waals surface area contributed by atoms with Gasteiger partial charge in [-0.1, -0.05) is 13.8 Å². The van der Waals surface area contributed by atoms with Crippen LogP contribution in [0.4, 0.5) is 15.8 Å². The van der Waals surface area contributed by atoms with E-state index < -0.39 is 5.82 Å².